The Bertz CT molecular complexity index is 256. The van der Waals surface area contributed by atoms with Crippen molar-refractivity contribution in [1.29, 1.82) is 0 Å². The molecule has 2 atom stereocenters. The van der Waals surface area contributed by atoms with Crippen LogP contribution in [0.1, 0.15) is 33.6 Å². The molecule has 1 amide bonds. The van der Waals surface area contributed by atoms with E-state index in [1.165, 1.54) is 5.57 Å². The number of nitrogens with two attached hydrogens (primary N) is 1. The summed E-state index contributed by atoms with van der Waals surface area (Å²) in [5.41, 5.74) is 6.67. The number of carbonyl (C=O) groups is 1. The topological polar surface area (TPSA) is 46.3 Å². The second-order valence-electron chi connectivity index (χ2n) is 4.76. The normalized spacial score (nSPS) is 27.4. The molecule has 2 unspecified atom stereocenters. The smallest absolute Gasteiger partial charge is 0.221 e. The number of allylic oxidation sites excluding steroid dienone is 1. The third kappa shape index (κ3) is 3.67. The van der Waals surface area contributed by atoms with Crippen molar-refractivity contribution < 1.29 is 4.79 Å². The predicted octanol–water partition coefficient (Wildman–Crippen LogP) is 1.54. The summed E-state index contributed by atoms with van der Waals surface area (Å²) in [6.07, 6.45) is 4.23. The summed E-state index contributed by atoms with van der Waals surface area (Å²) in [6, 6.07) is 0.566. The van der Waals surface area contributed by atoms with Crippen LogP contribution in [0, 0.1) is 5.92 Å². The van der Waals surface area contributed by atoms with Crippen LogP contribution < -0.4 is 5.73 Å². The number of amides is 1. The Labute approximate surface area is 92.3 Å². The van der Waals surface area contributed by atoms with Crippen LogP contribution in [0.3, 0.4) is 0 Å². The summed E-state index contributed by atoms with van der Waals surface area (Å²) < 4.78 is 0. The number of likely N-dealkylation sites (tertiary alicyclic amines) is 1. The van der Waals surface area contributed by atoms with E-state index in [4.69, 9.17) is 5.73 Å². The molecular weight excluding hydrogens is 188 g/mol. The first kappa shape index (κ1) is 12.2. The molecule has 0 aliphatic carbocycles. The number of hydrogen-bond acceptors (Lipinski definition) is 2. The lowest BCUT2D eigenvalue weighted by Gasteiger charge is -2.36. The summed E-state index contributed by atoms with van der Waals surface area (Å²) in [5, 5.41) is 0. The summed E-state index contributed by atoms with van der Waals surface area (Å²) in [4.78, 5) is 13.5. The van der Waals surface area contributed by atoms with Gasteiger partial charge in [-0.15, -0.1) is 0 Å². The van der Waals surface area contributed by atoms with Gasteiger partial charge < -0.3 is 5.73 Å². The second kappa shape index (κ2) is 5.31. The quantitative estimate of drug-likeness (QED) is 0.718. The fourth-order valence-electron chi connectivity index (χ4n) is 1.97. The highest BCUT2D eigenvalue weighted by molar-refractivity contribution is 5.76. The van der Waals surface area contributed by atoms with Gasteiger partial charge in [0.1, 0.15) is 0 Å². The van der Waals surface area contributed by atoms with Crippen LogP contribution in [0.2, 0.25) is 0 Å². The van der Waals surface area contributed by atoms with Crippen molar-refractivity contribution >= 4 is 5.91 Å². The maximum absolute atomic E-state index is 11.1. The minimum atomic E-state index is -0.149. The van der Waals surface area contributed by atoms with E-state index in [9.17, 15) is 4.79 Å². The molecule has 1 aliphatic rings. The molecule has 1 fully saturated rings. The maximum atomic E-state index is 11.1. The lowest BCUT2D eigenvalue weighted by Crippen LogP contribution is -2.45. The third-order valence-corrected chi connectivity index (χ3v) is 3.15. The van der Waals surface area contributed by atoms with Gasteiger partial charge in [-0.2, -0.15) is 0 Å². The number of hydrogen-bond donors (Lipinski definition) is 1. The molecule has 3 nitrogen and oxygen atoms in total. The molecule has 1 aliphatic heterocycles. The number of piperidine rings is 1. The van der Waals surface area contributed by atoms with Crippen molar-refractivity contribution in [2.24, 2.45) is 11.7 Å². The molecule has 0 radical (unpaired) electrons. The van der Waals surface area contributed by atoms with Crippen LogP contribution in [0.5, 0.6) is 0 Å². The monoisotopic (exact) mass is 210 g/mol. The fraction of sp³-hybridized carbons (Fsp3) is 0.750. The Kier molecular flexibility index (Phi) is 4.33. The Balaban J connectivity index is 2.53. The van der Waals surface area contributed by atoms with Gasteiger partial charge in [0.2, 0.25) is 5.91 Å². The minimum Gasteiger partial charge on any atom is -0.369 e. The largest absolute Gasteiger partial charge is 0.369 e. The van der Waals surface area contributed by atoms with Gasteiger partial charge in [-0.05, 0) is 33.6 Å². The fourth-order valence-corrected chi connectivity index (χ4v) is 1.97. The molecule has 1 heterocycles. The first-order chi connectivity index (χ1) is 7.00. The molecule has 3 heteroatoms. The second-order valence-corrected chi connectivity index (χ2v) is 4.76. The zero-order chi connectivity index (χ0) is 11.4. The van der Waals surface area contributed by atoms with Crippen LogP contribution in [-0.4, -0.2) is 29.9 Å². The molecule has 2 N–H and O–H groups in total. The molecule has 0 aromatic rings. The third-order valence-electron chi connectivity index (χ3n) is 3.15. The van der Waals surface area contributed by atoms with Crippen LogP contribution in [0.15, 0.2) is 11.6 Å². The number of carbonyl (C=O) groups excluding carboxylic acids is 1. The van der Waals surface area contributed by atoms with E-state index in [0.29, 0.717) is 6.04 Å². The molecule has 0 aromatic carbocycles. The van der Waals surface area contributed by atoms with E-state index in [1.54, 1.807) is 0 Å². The summed E-state index contributed by atoms with van der Waals surface area (Å²) in [5.74, 6) is -0.101. The van der Waals surface area contributed by atoms with Gasteiger partial charge in [-0.1, -0.05) is 11.6 Å². The van der Waals surface area contributed by atoms with Gasteiger partial charge in [0.15, 0.2) is 0 Å². The van der Waals surface area contributed by atoms with E-state index in [-0.39, 0.29) is 11.8 Å². The van der Waals surface area contributed by atoms with Gasteiger partial charge in [-0.3, -0.25) is 9.69 Å². The molecule has 0 saturated carbocycles. The minimum absolute atomic E-state index is 0.0479. The highest BCUT2D eigenvalue weighted by Gasteiger charge is 2.27. The van der Waals surface area contributed by atoms with Crippen LogP contribution >= 0.6 is 0 Å². The Morgan fingerprint density at radius 2 is 2.13 bits per heavy atom. The van der Waals surface area contributed by atoms with Crippen molar-refractivity contribution in [1.82, 2.24) is 4.90 Å². The predicted molar refractivity (Wildman–Crippen MR) is 62.4 cm³/mol. The van der Waals surface area contributed by atoms with Crippen molar-refractivity contribution in [3.8, 4) is 0 Å². The van der Waals surface area contributed by atoms with Gasteiger partial charge >= 0.3 is 0 Å². The van der Waals surface area contributed by atoms with Gasteiger partial charge in [0.25, 0.3) is 0 Å². The molecule has 86 valence electrons. The Hall–Kier alpha value is -0.830. The zero-order valence-corrected chi connectivity index (χ0v) is 9.99. The molecule has 15 heavy (non-hydrogen) atoms. The van der Waals surface area contributed by atoms with Crippen molar-refractivity contribution in [3.63, 3.8) is 0 Å². The van der Waals surface area contributed by atoms with E-state index < -0.39 is 0 Å². The lowest BCUT2D eigenvalue weighted by atomic mass is 9.93. The van der Waals surface area contributed by atoms with Crippen molar-refractivity contribution in [2.75, 3.05) is 13.1 Å². The van der Waals surface area contributed by atoms with E-state index in [2.05, 4.69) is 31.7 Å². The number of nitrogens with zero attached hydrogens (tertiary/aromatic N) is 1. The first-order valence-electron chi connectivity index (χ1n) is 5.67. The zero-order valence-electron chi connectivity index (χ0n) is 9.99. The Morgan fingerprint density at radius 3 is 2.67 bits per heavy atom. The van der Waals surface area contributed by atoms with Gasteiger partial charge in [-0.25, -0.2) is 0 Å². The standard InChI is InChI=1S/C12H22N2O/c1-9(2)6-7-14-8-11(12(13)15)5-4-10(14)3/h6,10-11H,4-5,7-8H2,1-3H3,(H2,13,15). The average molecular weight is 210 g/mol. The number of rotatable bonds is 3. The van der Waals surface area contributed by atoms with E-state index in [1.807, 2.05) is 0 Å². The van der Waals surface area contributed by atoms with Crippen LogP contribution in [0.4, 0.5) is 0 Å². The Morgan fingerprint density at radius 1 is 1.47 bits per heavy atom. The summed E-state index contributed by atoms with van der Waals surface area (Å²) >= 11 is 0. The molecule has 0 aromatic heterocycles. The number of primary amides is 1. The van der Waals surface area contributed by atoms with Crippen LogP contribution in [-0.2, 0) is 4.79 Å². The highest BCUT2D eigenvalue weighted by Crippen LogP contribution is 2.21. The SMILES string of the molecule is CC(C)=CCN1CC(C(N)=O)CCC1C. The molecule has 0 spiro atoms. The van der Waals surface area contributed by atoms with Crippen LogP contribution in [0.25, 0.3) is 0 Å². The molecule has 1 rings (SSSR count). The van der Waals surface area contributed by atoms with Crippen molar-refractivity contribution in [2.45, 2.75) is 39.7 Å². The summed E-state index contributed by atoms with van der Waals surface area (Å²) in [6.45, 7) is 8.17. The first-order valence-corrected chi connectivity index (χ1v) is 5.67. The maximum Gasteiger partial charge on any atom is 0.221 e. The lowest BCUT2D eigenvalue weighted by molar-refractivity contribution is -0.123. The summed E-state index contributed by atoms with van der Waals surface area (Å²) in [7, 11) is 0. The van der Waals surface area contributed by atoms with Gasteiger partial charge in [0, 0.05) is 19.1 Å². The highest BCUT2D eigenvalue weighted by atomic mass is 16.1. The van der Waals surface area contributed by atoms with Crippen molar-refractivity contribution in [3.05, 3.63) is 11.6 Å². The van der Waals surface area contributed by atoms with E-state index in [0.717, 1.165) is 25.9 Å². The van der Waals surface area contributed by atoms with Gasteiger partial charge in [0.05, 0.1) is 5.92 Å². The average Bonchev–Trinajstić information content (AvgIpc) is 2.16. The molecular formula is C12H22N2O. The van der Waals surface area contributed by atoms with E-state index >= 15 is 0 Å². The molecule has 1 saturated heterocycles. The molecule has 0 bridgehead atoms.